The van der Waals surface area contributed by atoms with Crippen LogP contribution in [-0.2, 0) is 11.3 Å². The number of nitrogens with zero attached hydrogens (tertiary/aromatic N) is 3. The smallest absolute Gasteiger partial charge is 0.237 e. The molecule has 1 fully saturated rings. The Labute approximate surface area is 143 Å². The maximum absolute atomic E-state index is 13.2. The molecule has 130 valence electrons. The van der Waals surface area contributed by atoms with Crippen molar-refractivity contribution in [2.45, 2.75) is 44.7 Å². The van der Waals surface area contributed by atoms with E-state index in [1.165, 1.54) is 12.1 Å². The van der Waals surface area contributed by atoms with E-state index in [0.29, 0.717) is 12.5 Å². The lowest BCUT2D eigenvalue weighted by atomic mass is 9.77. The first-order chi connectivity index (χ1) is 11.4. The SMILES string of the molecule is CC1CCC(C#N)(N(C)C(=O)CN(C)Cc2cccc(F)c2)CC1. The van der Waals surface area contributed by atoms with Crippen molar-refractivity contribution in [2.24, 2.45) is 5.92 Å². The van der Waals surface area contributed by atoms with Crippen LogP contribution in [0.1, 0.15) is 38.2 Å². The van der Waals surface area contributed by atoms with E-state index in [-0.39, 0.29) is 18.3 Å². The van der Waals surface area contributed by atoms with Crippen LogP contribution in [0.15, 0.2) is 24.3 Å². The zero-order chi connectivity index (χ0) is 17.7. The van der Waals surface area contributed by atoms with Gasteiger partial charge in [-0.2, -0.15) is 5.26 Å². The molecule has 24 heavy (non-hydrogen) atoms. The summed E-state index contributed by atoms with van der Waals surface area (Å²) in [5.41, 5.74) is 0.151. The zero-order valence-electron chi connectivity index (χ0n) is 14.8. The normalized spacial score (nSPS) is 23.8. The predicted molar refractivity (Wildman–Crippen MR) is 91.5 cm³/mol. The third-order valence-corrected chi connectivity index (χ3v) is 5.07. The molecule has 0 unspecified atom stereocenters. The third kappa shape index (κ3) is 4.33. The number of carbonyl (C=O) groups excluding carboxylic acids is 1. The van der Waals surface area contributed by atoms with E-state index < -0.39 is 5.54 Å². The number of amides is 1. The Morgan fingerprint density at radius 1 is 1.38 bits per heavy atom. The first-order valence-corrected chi connectivity index (χ1v) is 8.47. The number of halogens is 1. The van der Waals surface area contributed by atoms with E-state index in [9.17, 15) is 14.4 Å². The molecular weight excluding hydrogens is 305 g/mol. The van der Waals surface area contributed by atoms with Crippen LogP contribution in [-0.4, -0.2) is 41.9 Å². The van der Waals surface area contributed by atoms with Crippen LogP contribution >= 0.6 is 0 Å². The minimum absolute atomic E-state index is 0.0648. The van der Waals surface area contributed by atoms with Crippen molar-refractivity contribution in [2.75, 3.05) is 20.6 Å². The second-order valence-electron chi connectivity index (χ2n) is 7.08. The van der Waals surface area contributed by atoms with E-state index >= 15 is 0 Å². The standard InChI is InChI=1S/C19H26FN3O/c1-15-7-9-19(14-21,10-8-15)23(3)18(24)13-22(2)12-16-5-4-6-17(20)11-16/h4-6,11,15H,7-10,12-13H2,1-3H3. The molecule has 1 aromatic rings. The molecule has 1 aliphatic rings. The average molecular weight is 331 g/mol. The number of likely N-dealkylation sites (N-methyl/N-ethyl adjacent to an activating group) is 2. The fourth-order valence-electron chi connectivity index (χ4n) is 3.34. The molecule has 1 amide bonds. The molecular formula is C19H26FN3O. The van der Waals surface area contributed by atoms with Crippen molar-refractivity contribution in [3.63, 3.8) is 0 Å². The van der Waals surface area contributed by atoms with Crippen LogP contribution in [0.2, 0.25) is 0 Å². The summed E-state index contributed by atoms with van der Waals surface area (Å²) in [6, 6.07) is 8.78. The van der Waals surface area contributed by atoms with Gasteiger partial charge in [0.05, 0.1) is 12.6 Å². The monoisotopic (exact) mass is 331 g/mol. The summed E-state index contributed by atoms with van der Waals surface area (Å²) in [5.74, 6) is 0.278. The van der Waals surface area contributed by atoms with E-state index in [1.54, 1.807) is 18.0 Å². The summed E-state index contributed by atoms with van der Waals surface area (Å²) in [5, 5.41) is 9.65. The van der Waals surface area contributed by atoms with Crippen molar-refractivity contribution in [3.05, 3.63) is 35.6 Å². The summed E-state index contributed by atoms with van der Waals surface area (Å²) in [6.45, 7) is 2.90. The number of hydrogen-bond acceptors (Lipinski definition) is 3. The maximum atomic E-state index is 13.2. The van der Waals surface area contributed by atoms with Gasteiger partial charge < -0.3 is 4.90 Å². The molecule has 1 saturated carbocycles. The lowest BCUT2D eigenvalue weighted by Crippen LogP contribution is -2.52. The molecule has 0 aromatic heterocycles. The fraction of sp³-hybridized carbons (Fsp3) is 0.579. The van der Waals surface area contributed by atoms with Gasteiger partial charge in [-0.15, -0.1) is 0 Å². The predicted octanol–water partition coefficient (Wildman–Crippen LogP) is 3.19. The Morgan fingerprint density at radius 3 is 2.62 bits per heavy atom. The average Bonchev–Trinajstić information content (AvgIpc) is 2.55. The molecule has 0 spiro atoms. The number of nitriles is 1. The molecule has 2 rings (SSSR count). The number of rotatable bonds is 5. The van der Waals surface area contributed by atoms with Crippen LogP contribution in [0.4, 0.5) is 4.39 Å². The van der Waals surface area contributed by atoms with Crippen molar-refractivity contribution in [1.82, 2.24) is 9.80 Å². The van der Waals surface area contributed by atoms with E-state index in [2.05, 4.69) is 13.0 Å². The topological polar surface area (TPSA) is 47.3 Å². The summed E-state index contributed by atoms with van der Waals surface area (Å²) in [7, 11) is 3.57. The molecule has 1 aliphatic carbocycles. The summed E-state index contributed by atoms with van der Waals surface area (Å²) in [4.78, 5) is 16.1. The third-order valence-electron chi connectivity index (χ3n) is 5.07. The fourth-order valence-corrected chi connectivity index (χ4v) is 3.34. The second-order valence-corrected chi connectivity index (χ2v) is 7.08. The Bertz CT molecular complexity index is 617. The lowest BCUT2D eigenvalue weighted by molar-refractivity contribution is -0.136. The van der Waals surface area contributed by atoms with Gasteiger partial charge in [-0.25, -0.2) is 4.39 Å². The van der Waals surface area contributed by atoms with Gasteiger partial charge in [0.1, 0.15) is 11.4 Å². The Balaban J connectivity index is 1.96. The number of carbonyl (C=O) groups is 1. The molecule has 0 N–H and O–H groups in total. The van der Waals surface area contributed by atoms with Gasteiger partial charge >= 0.3 is 0 Å². The van der Waals surface area contributed by atoms with Crippen molar-refractivity contribution < 1.29 is 9.18 Å². The Hall–Kier alpha value is -1.93. The number of hydrogen-bond donors (Lipinski definition) is 0. The van der Waals surface area contributed by atoms with Crippen LogP contribution in [0.25, 0.3) is 0 Å². The Morgan fingerprint density at radius 2 is 2.04 bits per heavy atom. The zero-order valence-corrected chi connectivity index (χ0v) is 14.8. The first-order valence-electron chi connectivity index (χ1n) is 8.47. The largest absolute Gasteiger partial charge is 0.326 e. The van der Waals surface area contributed by atoms with E-state index in [4.69, 9.17) is 0 Å². The summed E-state index contributed by atoms with van der Waals surface area (Å²) >= 11 is 0. The van der Waals surface area contributed by atoms with Gasteiger partial charge in [0.25, 0.3) is 0 Å². The molecule has 0 aliphatic heterocycles. The molecule has 0 radical (unpaired) electrons. The van der Waals surface area contributed by atoms with Crippen molar-refractivity contribution in [1.29, 1.82) is 5.26 Å². The molecule has 5 heteroatoms. The molecule has 0 atom stereocenters. The van der Waals surface area contributed by atoms with Crippen LogP contribution < -0.4 is 0 Å². The first kappa shape index (κ1) is 18.4. The highest BCUT2D eigenvalue weighted by Gasteiger charge is 2.40. The highest BCUT2D eigenvalue weighted by molar-refractivity contribution is 5.79. The van der Waals surface area contributed by atoms with Gasteiger partial charge in [-0.3, -0.25) is 9.69 Å². The van der Waals surface area contributed by atoms with Gasteiger partial charge in [0.2, 0.25) is 5.91 Å². The van der Waals surface area contributed by atoms with Crippen LogP contribution in [0.3, 0.4) is 0 Å². The Kier molecular flexibility index (Phi) is 5.95. The second kappa shape index (κ2) is 7.76. The number of benzene rings is 1. The molecule has 4 nitrogen and oxygen atoms in total. The van der Waals surface area contributed by atoms with Gasteiger partial charge in [0, 0.05) is 13.6 Å². The van der Waals surface area contributed by atoms with Gasteiger partial charge in [0.15, 0.2) is 0 Å². The van der Waals surface area contributed by atoms with Gasteiger partial charge in [-0.1, -0.05) is 19.1 Å². The molecule has 1 aromatic carbocycles. The highest BCUT2D eigenvalue weighted by Crippen LogP contribution is 2.35. The van der Waals surface area contributed by atoms with Crippen molar-refractivity contribution in [3.8, 4) is 6.07 Å². The van der Waals surface area contributed by atoms with Gasteiger partial charge in [-0.05, 0) is 56.3 Å². The van der Waals surface area contributed by atoms with Crippen molar-refractivity contribution >= 4 is 5.91 Å². The van der Waals surface area contributed by atoms with E-state index in [0.717, 1.165) is 31.2 Å². The quantitative estimate of drug-likeness (QED) is 0.832. The minimum atomic E-state index is -0.677. The molecule has 0 bridgehead atoms. The summed E-state index contributed by atoms with van der Waals surface area (Å²) in [6.07, 6.45) is 3.43. The molecule has 0 heterocycles. The molecule has 0 saturated heterocycles. The van der Waals surface area contributed by atoms with Crippen LogP contribution in [0, 0.1) is 23.1 Å². The lowest BCUT2D eigenvalue weighted by Gasteiger charge is -2.41. The van der Waals surface area contributed by atoms with Crippen LogP contribution in [0.5, 0.6) is 0 Å². The maximum Gasteiger partial charge on any atom is 0.237 e. The van der Waals surface area contributed by atoms with E-state index in [1.807, 2.05) is 18.0 Å². The minimum Gasteiger partial charge on any atom is -0.326 e. The summed E-state index contributed by atoms with van der Waals surface area (Å²) < 4.78 is 13.2. The highest BCUT2D eigenvalue weighted by atomic mass is 19.1.